The van der Waals surface area contributed by atoms with Gasteiger partial charge in [0.25, 0.3) is 0 Å². The van der Waals surface area contributed by atoms with E-state index < -0.39 is 53.2 Å². The first-order chi connectivity index (χ1) is 24.3. The van der Waals surface area contributed by atoms with Gasteiger partial charge in [-0.3, -0.25) is 19.2 Å². The number of ether oxygens (including phenoxy) is 5. The molecular formula is C35H53N5O10S. The van der Waals surface area contributed by atoms with Gasteiger partial charge in [-0.25, -0.2) is 4.98 Å². The lowest BCUT2D eigenvalue weighted by atomic mass is 9.76. The first-order valence-electron chi connectivity index (χ1n) is 17.1. The second kappa shape index (κ2) is 21.1. The molecule has 15 nitrogen and oxygen atoms in total. The number of carbonyl (C=O) groups is 4. The predicted molar refractivity (Wildman–Crippen MR) is 189 cm³/mol. The molecule has 0 saturated carbocycles. The van der Waals surface area contributed by atoms with Gasteiger partial charge in [0.2, 0.25) is 23.6 Å². The minimum Gasteiger partial charge on any atom is -0.391 e. The highest BCUT2D eigenvalue weighted by atomic mass is 32.1. The highest BCUT2D eigenvalue weighted by Crippen LogP contribution is 2.34. The topological polar surface area (TPSA) is 215 Å². The molecule has 4 amide bonds. The van der Waals surface area contributed by atoms with Crippen molar-refractivity contribution in [3.05, 3.63) is 41.0 Å². The van der Waals surface area contributed by atoms with Crippen molar-refractivity contribution < 1.29 is 48.0 Å². The maximum atomic E-state index is 14.1. The third-order valence-corrected chi connectivity index (χ3v) is 9.19. The number of aliphatic hydroxyl groups is 1. The van der Waals surface area contributed by atoms with Crippen molar-refractivity contribution in [3.63, 3.8) is 0 Å². The molecule has 3 rings (SSSR count). The molecule has 2 aromatic rings. The van der Waals surface area contributed by atoms with Gasteiger partial charge in [-0.15, -0.1) is 11.3 Å². The number of hydrogen-bond donors (Lipinski definition) is 4. The molecule has 51 heavy (non-hydrogen) atoms. The Hall–Kier alpha value is -3.51. The Labute approximate surface area is 303 Å². The minimum atomic E-state index is -1.29. The molecule has 1 unspecified atom stereocenters. The Morgan fingerprint density at radius 3 is 2.02 bits per heavy atom. The molecule has 1 aromatic heterocycles. The minimum absolute atomic E-state index is 0.0137. The van der Waals surface area contributed by atoms with Crippen LogP contribution in [-0.2, 0) is 49.4 Å². The fourth-order valence-corrected chi connectivity index (χ4v) is 6.42. The first kappa shape index (κ1) is 41.9. The maximum Gasteiger partial charge on any atom is 0.247 e. The average molecular weight is 736 g/mol. The number of nitrogens with two attached hydrogens (primary N) is 2. The van der Waals surface area contributed by atoms with Crippen molar-refractivity contribution in [2.24, 2.45) is 22.8 Å². The molecule has 1 saturated heterocycles. The Kier molecular flexibility index (Phi) is 17.4. The van der Waals surface area contributed by atoms with Crippen LogP contribution in [0.5, 0.6) is 0 Å². The standard InChI is InChI=1S/C35H53N5O10S/c1-23-31(51-22-39-23)25-7-5-24(6-8-25)20-38-33(44)27-19-26(41)21-40(27)34(45)29(35(2,3)4)30(32(37)43)50-18-17-49-16-15-48-14-13-47-12-11-46-10-9-28(36)42/h5-8,22,26-27,29-30,41H,9-21H2,1-4H3,(H2,36,42)(H2,37,43)(H,38,44)/t26-,27+,29+,30?/m1/s1. The number of aliphatic hydroxyl groups excluding tert-OH is 1. The van der Waals surface area contributed by atoms with E-state index in [1.165, 1.54) is 4.90 Å². The number of primary amides is 2. The largest absolute Gasteiger partial charge is 0.391 e. The van der Waals surface area contributed by atoms with E-state index in [1.54, 1.807) is 37.6 Å². The fraction of sp³-hybridized carbons (Fsp3) is 0.629. The van der Waals surface area contributed by atoms with Crippen molar-refractivity contribution in [3.8, 4) is 10.4 Å². The summed E-state index contributed by atoms with van der Waals surface area (Å²) in [6.07, 6.45) is -1.97. The van der Waals surface area contributed by atoms with E-state index in [9.17, 15) is 24.3 Å². The zero-order valence-corrected chi connectivity index (χ0v) is 30.8. The highest BCUT2D eigenvalue weighted by Gasteiger charge is 2.48. The van der Waals surface area contributed by atoms with E-state index in [1.807, 2.05) is 31.2 Å². The number of carbonyl (C=O) groups excluding carboxylic acids is 4. The van der Waals surface area contributed by atoms with Crippen LogP contribution in [-0.4, -0.2) is 123 Å². The van der Waals surface area contributed by atoms with Gasteiger partial charge in [-0.2, -0.15) is 0 Å². The number of likely N-dealkylation sites (tertiary alicyclic amines) is 1. The van der Waals surface area contributed by atoms with Crippen LogP contribution in [0.4, 0.5) is 0 Å². The van der Waals surface area contributed by atoms with Crippen LogP contribution >= 0.6 is 11.3 Å². The van der Waals surface area contributed by atoms with Crippen LogP contribution < -0.4 is 16.8 Å². The Bertz CT molecular complexity index is 1400. The third-order valence-electron chi connectivity index (χ3n) is 8.21. The van der Waals surface area contributed by atoms with E-state index in [4.69, 9.17) is 35.2 Å². The number of rotatable bonds is 23. The third kappa shape index (κ3) is 13.9. The molecule has 284 valence electrons. The summed E-state index contributed by atoms with van der Waals surface area (Å²) in [4.78, 5) is 57.5. The summed E-state index contributed by atoms with van der Waals surface area (Å²) in [7, 11) is 0. The smallest absolute Gasteiger partial charge is 0.247 e. The number of hydrogen-bond acceptors (Lipinski definition) is 12. The van der Waals surface area contributed by atoms with Gasteiger partial charge in [0.05, 0.1) is 87.6 Å². The van der Waals surface area contributed by atoms with Crippen LogP contribution in [0.1, 0.15) is 44.9 Å². The van der Waals surface area contributed by atoms with E-state index >= 15 is 0 Å². The molecule has 1 aromatic carbocycles. The van der Waals surface area contributed by atoms with Gasteiger partial charge < -0.3 is 50.5 Å². The number of β-amino-alcohol motifs (C(OH)–C–C–N with tert-alkyl or cyclic N) is 1. The molecule has 6 N–H and O–H groups in total. The molecular weight excluding hydrogens is 682 g/mol. The van der Waals surface area contributed by atoms with Crippen LogP contribution in [0.25, 0.3) is 10.4 Å². The number of thiazole rings is 1. The maximum absolute atomic E-state index is 14.1. The zero-order chi connectivity index (χ0) is 37.4. The van der Waals surface area contributed by atoms with Gasteiger partial charge in [0, 0.05) is 25.9 Å². The molecule has 0 spiro atoms. The molecule has 1 aliphatic rings. The predicted octanol–water partition coefficient (Wildman–Crippen LogP) is 1.17. The second-order valence-corrected chi connectivity index (χ2v) is 14.1. The van der Waals surface area contributed by atoms with E-state index in [2.05, 4.69) is 10.3 Å². The number of nitrogens with one attached hydrogen (secondary N) is 1. The summed E-state index contributed by atoms with van der Waals surface area (Å²) in [5.41, 5.74) is 14.7. The highest BCUT2D eigenvalue weighted by molar-refractivity contribution is 7.13. The van der Waals surface area contributed by atoms with E-state index in [0.717, 1.165) is 21.7 Å². The lowest BCUT2D eigenvalue weighted by Crippen LogP contribution is -2.55. The Morgan fingerprint density at radius 2 is 1.51 bits per heavy atom. The molecule has 2 heterocycles. The van der Waals surface area contributed by atoms with Crippen molar-refractivity contribution in [2.45, 2.75) is 65.3 Å². The van der Waals surface area contributed by atoms with Crippen LogP contribution in [0.3, 0.4) is 0 Å². The summed E-state index contributed by atoms with van der Waals surface area (Å²) in [5.74, 6) is -3.17. The summed E-state index contributed by atoms with van der Waals surface area (Å²) < 4.78 is 27.4. The summed E-state index contributed by atoms with van der Waals surface area (Å²) in [6.45, 7) is 9.89. The number of aryl methyl sites for hydroxylation is 1. The van der Waals surface area contributed by atoms with Gasteiger partial charge in [-0.1, -0.05) is 45.0 Å². The van der Waals surface area contributed by atoms with Gasteiger partial charge in [-0.05, 0) is 23.5 Å². The van der Waals surface area contributed by atoms with Gasteiger partial charge in [0.1, 0.15) is 12.1 Å². The zero-order valence-electron chi connectivity index (χ0n) is 30.0. The molecule has 1 fully saturated rings. The van der Waals surface area contributed by atoms with Gasteiger partial charge >= 0.3 is 0 Å². The molecule has 0 radical (unpaired) electrons. The summed E-state index contributed by atoms with van der Waals surface area (Å²) >= 11 is 1.56. The molecule has 0 bridgehead atoms. The van der Waals surface area contributed by atoms with Gasteiger partial charge in [0.15, 0.2) is 0 Å². The lowest BCUT2D eigenvalue weighted by molar-refractivity contribution is -0.158. The number of aromatic nitrogens is 1. The van der Waals surface area contributed by atoms with Crippen molar-refractivity contribution in [1.29, 1.82) is 0 Å². The SMILES string of the molecule is Cc1ncsc1-c1ccc(CNC(=O)[C@@H]2C[C@@H](O)CN2C(=O)[C@H](C(OCCOCCOCCOCCOCCC(N)=O)C(N)=O)C(C)(C)C)cc1. The number of amides is 4. The monoisotopic (exact) mass is 735 g/mol. The summed E-state index contributed by atoms with van der Waals surface area (Å²) in [6, 6.07) is 6.87. The molecule has 1 aliphatic heterocycles. The van der Waals surface area contributed by atoms with E-state index in [-0.39, 0.29) is 52.4 Å². The van der Waals surface area contributed by atoms with Crippen LogP contribution in [0, 0.1) is 18.3 Å². The van der Waals surface area contributed by atoms with Crippen LogP contribution in [0.15, 0.2) is 29.8 Å². The number of nitrogens with zero attached hydrogens (tertiary/aromatic N) is 2. The van der Waals surface area contributed by atoms with Crippen molar-refractivity contribution in [2.75, 3.05) is 66.0 Å². The fourth-order valence-electron chi connectivity index (χ4n) is 5.61. The quantitative estimate of drug-likeness (QED) is 0.119. The second-order valence-electron chi connectivity index (χ2n) is 13.3. The molecule has 4 atom stereocenters. The average Bonchev–Trinajstić information content (AvgIpc) is 3.69. The molecule has 0 aliphatic carbocycles. The Morgan fingerprint density at radius 1 is 0.941 bits per heavy atom. The first-order valence-corrected chi connectivity index (χ1v) is 17.9. The van der Waals surface area contributed by atoms with Crippen molar-refractivity contribution in [1.82, 2.24) is 15.2 Å². The lowest BCUT2D eigenvalue weighted by Gasteiger charge is -2.38. The normalized spacial score (nSPS) is 17.3. The summed E-state index contributed by atoms with van der Waals surface area (Å²) in [5, 5.41) is 13.4. The van der Waals surface area contributed by atoms with Crippen molar-refractivity contribution >= 4 is 35.0 Å². The molecule has 16 heteroatoms. The Balaban J connectivity index is 1.46. The van der Waals surface area contributed by atoms with Crippen LogP contribution in [0.2, 0.25) is 0 Å². The number of benzene rings is 1. The van der Waals surface area contributed by atoms with E-state index in [0.29, 0.717) is 33.0 Å².